The molecular weight excluding hydrogens is 336 g/mol. The molecule has 0 atom stereocenters. The molecule has 3 fully saturated rings. The molecule has 168 valence electrons. The first-order valence-corrected chi connectivity index (χ1v) is 13.5. The fourth-order valence-corrected chi connectivity index (χ4v) is 5.52. The zero-order valence-electron chi connectivity index (χ0n) is 20.8. The van der Waals surface area contributed by atoms with Gasteiger partial charge in [0.15, 0.2) is 0 Å². The van der Waals surface area contributed by atoms with Gasteiger partial charge < -0.3 is 0 Å². The zero-order chi connectivity index (χ0) is 20.8. The van der Waals surface area contributed by atoms with Crippen LogP contribution in [-0.2, 0) is 0 Å². The summed E-state index contributed by atoms with van der Waals surface area (Å²) in [6.07, 6.45) is 23.6. The summed E-state index contributed by atoms with van der Waals surface area (Å²) >= 11 is 0. The molecule has 0 bridgehead atoms. The summed E-state index contributed by atoms with van der Waals surface area (Å²) in [5.74, 6) is 6.33. The summed E-state index contributed by atoms with van der Waals surface area (Å²) in [7, 11) is 0. The first-order chi connectivity index (χ1) is 13.5. The smallest absolute Gasteiger partial charge is 0.0417 e. The van der Waals surface area contributed by atoms with E-state index in [2.05, 4.69) is 41.5 Å². The molecule has 0 aliphatic heterocycles. The van der Waals surface area contributed by atoms with Crippen LogP contribution in [0.4, 0.5) is 0 Å². The molecule has 3 aliphatic rings. The Hall–Kier alpha value is 0. The van der Waals surface area contributed by atoms with Crippen LogP contribution in [0.1, 0.15) is 144 Å². The second-order valence-electron chi connectivity index (χ2n) is 10.8. The van der Waals surface area contributed by atoms with Crippen LogP contribution in [0.5, 0.6) is 0 Å². The van der Waals surface area contributed by atoms with Gasteiger partial charge in [0.1, 0.15) is 0 Å². The van der Waals surface area contributed by atoms with Gasteiger partial charge in [0.05, 0.1) is 0 Å². The molecule has 0 aromatic rings. The average molecular weight is 393 g/mol. The molecule has 0 heteroatoms. The SMILES string of the molecule is CCC1CCC(C)CC1.CCC1CCC(C)CC1.CCC1CCC(CC)CC1. The molecule has 0 heterocycles. The lowest BCUT2D eigenvalue weighted by atomic mass is 9.80. The highest BCUT2D eigenvalue weighted by molar-refractivity contribution is 4.70. The molecule has 0 nitrogen and oxygen atoms in total. The van der Waals surface area contributed by atoms with E-state index < -0.39 is 0 Å². The lowest BCUT2D eigenvalue weighted by Gasteiger charge is -2.26. The predicted molar refractivity (Wildman–Crippen MR) is 129 cm³/mol. The van der Waals surface area contributed by atoms with E-state index in [0.29, 0.717) is 0 Å². The Kier molecular flexibility index (Phi) is 14.7. The molecule has 3 rings (SSSR count). The highest BCUT2D eigenvalue weighted by Crippen LogP contribution is 2.32. The Balaban J connectivity index is 0.000000210. The Morgan fingerprint density at radius 3 is 0.714 bits per heavy atom. The molecule has 0 radical (unpaired) electrons. The quantitative estimate of drug-likeness (QED) is 0.446. The minimum absolute atomic E-state index is 1.02. The maximum Gasteiger partial charge on any atom is -0.0417 e. The number of hydrogen-bond acceptors (Lipinski definition) is 0. The van der Waals surface area contributed by atoms with E-state index in [1.807, 2.05) is 0 Å². The minimum Gasteiger partial charge on any atom is -0.0651 e. The van der Waals surface area contributed by atoms with Gasteiger partial charge in [-0.1, -0.05) is 144 Å². The summed E-state index contributed by atoms with van der Waals surface area (Å²) in [5.41, 5.74) is 0. The molecule has 0 N–H and O–H groups in total. The van der Waals surface area contributed by atoms with Crippen LogP contribution < -0.4 is 0 Å². The van der Waals surface area contributed by atoms with Crippen molar-refractivity contribution in [1.82, 2.24) is 0 Å². The summed E-state index contributed by atoms with van der Waals surface area (Å²) in [4.78, 5) is 0. The van der Waals surface area contributed by atoms with Crippen LogP contribution in [0.2, 0.25) is 0 Å². The Morgan fingerprint density at radius 1 is 0.357 bits per heavy atom. The lowest BCUT2D eigenvalue weighted by molar-refractivity contribution is 0.264. The van der Waals surface area contributed by atoms with Crippen molar-refractivity contribution in [2.45, 2.75) is 144 Å². The third-order valence-electron chi connectivity index (χ3n) is 8.55. The Bertz CT molecular complexity index is 288. The van der Waals surface area contributed by atoms with E-state index in [1.165, 1.54) is 103 Å². The van der Waals surface area contributed by atoms with Gasteiger partial charge in [-0.05, 0) is 35.5 Å². The molecule has 0 aromatic heterocycles. The second-order valence-corrected chi connectivity index (χ2v) is 10.8. The minimum atomic E-state index is 1.02. The third-order valence-corrected chi connectivity index (χ3v) is 8.55. The first-order valence-electron chi connectivity index (χ1n) is 13.5. The van der Waals surface area contributed by atoms with E-state index in [-0.39, 0.29) is 0 Å². The van der Waals surface area contributed by atoms with Gasteiger partial charge >= 0.3 is 0 Å². The molecule has 3 saturated carbocycles. The molecule has 28 heavy (non-hydrogen) atoms. The number of hydrogen-bond donors (Lipinski definition) is 0. The van der Waals surface area contributed by atoms with Gasteiger partial charge in [0.2, 0.25) is 0 Å². The van der Waals surface area contributed by atoms with Crippen molar-refractivity contribution in [3.05, 3.63) is 0 Å². The summed E-state index contributed by atoms with van der Waals surface area (Å²) in [5, 5.41) is 0. The van der Waals surface area contributed by atoms with Crippen molar-refractivity contribution in [3.8, 4) is 0 Å². The van der Waals surface area contributed by atoms with Gasteiger partial charge in [-0.15, -0.1) is 0 Å². The third kappa shape index (κ3) is 11.3. The van der Waals surface area contributed by atoms with E-state index in [4.69, 9.17) is 0 Å². The van der Waals surface area contributed by atoms with E-state index in [0.717, 1.165) is 35.5 Å². The van der Waals surface area contributed by atoms with Gasteiger partial charge in [0, 0.05) is 0 Å². The molecule has 0 saturated heterocycles. The number of rotatable bonds is 4. The van der Waals surface area contributed by atoms with Crippen molar-refractivity contribution in [3.63, 3.8) is 0 Å². The fourth-order valence-electron chi connectivity index (χ4n) is 5.52. The second kappa shape index (κ2) is 15.8. The molecule has 0 spiro atoms. The summed E-state index contributed by atoms with van der Waals surface area (Å²) in [6.45, 7) is 14.1. The monoisotopic (exact) mass is 392 g/mol. The zero-order valence-corrected chi connectivity index (χ0v) is 20.8. The maximum absolute atomic E-state index is 2.38. The van der Waals surface area contributed by atoms with Crippen LogP contribution in [-0.4, -0.2) is 0 Å². The normalized spacial score (nSPS) is 35.8. The molecular formula is C28H56. The van der Waals surface area contributed by atoms with E-state index >= 15 is 0 Å². The topological polar surface area (TPSA) is 0 Å². The fraction of sp³-hybridized carbons (Fsp3) is 1.00. The predicted octanol–water partition coefficient (Wildman–Crippen LogP) is 10.1. The van der Waals surface area contributed by atoms with Gasteiger partial charge in [-0.25, -0.2) is 0 Å². The molecule has 0 aromatic carbocycles. The highest BCUT2D eigenvalue weighted by atomic mass is 14.2. The van der Waals surface area contributed by atoms with Crippen molar-refractivity contribution < 1.29 is 0 Å². The molecule has 3 aliphatic carbocycles. The van der Waals surface area contributed by atoms with E-state index in [1.54, 1.807) is 0 Å². The van der Waals surface area contributed by atoms with Crippen LogP contribution in [0.25, 0.3) is 0 Å². The summed E-state index contributed by atoms with van der Waals surface area (Å²) < 4.78 is 0. The van der Waals surface area contributed by atoms with Gasteiger partial charge in [-0.2, -0.15) is 0 Å². The van der Waals surface area contributed by atoms with Gasteiger partial charge in [0.25, 0.3) is 0 Å². The van der Waals surface area contributed by atoms with Crippen LogP contribution in [0.3, 0.4) is 0 Å². The Morgan fingerprint density at radius 2 is 0.536 bits per heavy atom. The standard InChI is InChI=1S/C10H20.2C9H18/c1-3-9-5-7-10(4-2)8-6-9;2*1-3-9-6-4-8(2)5-7-9/h9-10H,3-8H2,1-2H3;2*8-9H,3-7H2,1-2H3. The average Bonchev–Trinajstić information content (AvgIpc) is 2.76. The van der Waals surface area contributed by atoms with Crippen LogP contribution in [0.15, 0.2) is 0 Å². The van der Waals surface area contributed by atoms with Crippen molar-refractivity contribution in [2.24, 2.45) is 35.5 Å². The largest absolute Gasteiger partial charge is 0.0651 e. The maximum atomic E-state index is 2.38. The van der Waals surface area contributed by atoms with E-state index in [9.17, 15) is 0 Å². The van der Waals surface area contributed by atoms with Crippen LogP contribution in [0, 0.1) is 35.5 Å². The Labute approximate surface area is 180 Å². The van der Waals surface area contributed by atoms with Crippen molar-refractivity contribution in [2.75, 3.05) is 0 Å². The first kappa shape index (κ1) is 26.0. The van der Waals surface area contributed by atoms with Gasteiger partial charge in [-0.3, -0.25) is 0 Å². The summed E-state index contributed by atoms with van der Waals surface area (Å²) in [6, 6.07) is 0. The molecule has 0 amide bonds. The lowest BCUT2D eigenvalue weighted by Crippen LogP contribution is -2.12. The van der Waals surface area contributed by atoms with Crippen molar-refractivity contribution in [1.29, 1.82) is 0 Å². The highest BCUT2D eigenvalue weighted by Gasteiger charge is 2.18. The van der Waals surface area contributed by atoms with Crippen LogP contribution >= 0.6 is 0 Å². The van der Waals surface area contributed by atoms with Crippen molar-refractivity contribution >= 4 is 0 Å². The molecule has 0 unspecified atom stereocenters.